The molecule has 1 aromatic rings. The van der Waals surface area contributed by atoms with Crippen LogP contribution in [0.4, 0.5) is 0 Å². The van der Waals surface area contributed by atoms with Gasteiger partial charge in [-0.05, 0) is 19.5 Å². The largest absolute Gasteiger partial charge is 0.355 e. The average Bonchev–Trinajstić information content (AvgIpc) is 2.76. The van der Waals surface area contributed by atoms with E-state index in [2.05, 4.69) is 86.4 Å². The maximum atomic E-state index is 4.54. The monoisotopic (exact) mass is 398 g/mol. The fraction of sp³-hybridized carbons (Fsp3) is 0.609. The molecule has 160 valence electrons. The number of aliphatic imine (C=N–C) groups is 1. The molecule has 2 saturated heterocycles. The lowest BCUT2D eigenvalue weighted by atomic mass is 10.2. The molecule has 1 unspecified atom stereocenters. The van der Waals surface area contributed by atoms with Crippen LogP contribution in [0, 0.1) is 0 Å². The zero-order valence-electron chi connectivity index (χ0n) is 18.4. The Morgan fingerprint density at radius 2 is 1.72 bits per heavy atom. The van der Waals surface area contributed by atoms with Crippen molar-refractivity contribution in [2.75, 3.05) is 79.5 Å². The molecular weight excluding hydrogens is 360 g/mol. The lowest BCUT2D eigenvalue weighted by Crippen LogP contribution is -2.55. The highest BCUT2D eigenvalue weighted by molar-refractivity contribution is 5.80. The smallest absolute Gasteiger partial charge is 0.193 e. The van der Waals surface area contributed by atoms with E-state index in [0.29, 0.717) is 6.04 Å². The van der Waals surface area contributed by atoms with Crippen LogP contribution in [0.5, 0.6) is 0 Å². The molecule has 1 aromatic carbocycles. The molecule has 0 aliphatic carbocycles. The zero-order valence-corrected chi connectivity index (χ0v) is 18.4. The molecule has 1 N–H and O–H groups in total. The zero-order chi connectivity index (χ0) is 20.5. The summed E-state index contributed by atoms with van der Waals surface area (Å²) in [6.45, 7) is 13.2. The Morgan fingerprint density at radius 3 is 2.38 bits per heavy atom. The SMILES string of the molecule is CN=C(NCC(C)N1CCN(C)CC1)N1CCN(CC=Cc2ccccc2)CC1. The first-order valence-electron chi connectivity index (χ1n) is 11.0. The van der Waals surface area contributed by atoms with E-state index < -0.39 is 0 Å². The van der Waals surface area contributed by atoms with E-state index in [1.54, 1.807) is 0 Å². The van der Waals surface area contributed by atoms with Crippen LogP contribution in [-0.2, 0) is 0 Å². The van der Waals surface area contributed by atoms with Crippen molar-refractivity contribution >= 4 is 12.0 Å². The summed E-state index contributed by atoms with van der Waals surface area (Å²) in [4.78, 5) is 14.4. The highest BCUT2D eigenvalue weighted by Gasteiger charge is 2.22. The lowest BCUT2D eigenvalue weighted by Gasteiger charge is -2.38. The van der Waals surface area contributed by atoms with Gasteiger partial charge < -0.3 is 15.1 Å². The van der Waals surface area contributed by atoms with Crippen LogP contribution in [0.15, 0.2) is 41.4 Å². The Bertz CT molecular complexity index is 643. The van der Waals surface area contributed by atoms with Crippen LogP contribution >= 0.6 is 0 Å². The minimum Gasteiger partial charge on any atom is -0.355 e. The fourth-order valence-corrected chi connectivity index (χ4v) is 4.01. The van der Waals surface area contributed by atoms with Crippen molar-refractivity contribution in [3.05, 3.63) is 42.0 Å². The Kier molecular flexibility index (Phi) is 8.52. The van der Waals surface area contributed by atoms with E-state index in [1.807, 2.05) is 7.05 Å². The van der Waals surface area contributed by atoms with Gasteiger partial charge in [-0.15, -0.1) is 0 Å². The first-order valence-corrected chi connectivity index (χ1v) is 11.0. The second-order valence-electron chi connectivity index (χ2n) is 8.22. The van der Waals surface area contributed by atoms with Crippen molar-refractivity contribution in [2.45, 2.75) is 13.0 Å². The molecule has 0 spiro atoms. The van der Waals surface area contributed by atoms with Gasteiger partial charge in [0.05, 0.1) is 0 Å². The van der Waals surface area contributed by atoms with Gasteiger partial charge in [-0.3, -0.25) is 14.8 Å². The predicted octanol–water partition coefficient (Wildman–Crippen LogP) is 1.53. The standard InChI is InChI=1S/C23H38N6/c1-21(28-16-12-26(3)13-17-28)20-25-23(24-2)29-18-14-27(15-19-29)11-7-10-22-8-5-4-6-9-22/h4-10,21H,11-20H2,1-3H3,(H,24,25). The number of nitrogens with zero attached hydrogens (tertiary/aromatic N) is 5. The molecule has 2 heterocycles. The quantitative estimate of drug-likeness (QED) is 0.581. The molecule has 6 heteroatoms. The van der Waals surface area contributed by atoms with Gasteiger partial charge in [-0.25, -0.2) is 0 Å². The van der Waals surface area contributed by atoms with Gasteiger partial charge in [0.1, 0.15) is 0 Å². The molecule has 29 heavy (non-hydrogen) atoms. The molecule has 0 amide bonds. The highest BCUT2D eigenvalue weighted by Crippen LogP contribution is 2.07. The van der Waals surface area contributed by atoms with Gasteiger partial charge >= 0.3 is 0 Å². The predicted molar refractivity (Wildman–Crippen MR) is 123 cm³/mol. The molecule has 2 fully saturated rings. The molecule has 2 aliphatic heterocycles. The van der Waals surface area contributed by atoms with Gasteiger partial charge in [0.15, 0.2) is 5.96 Å². The number of nitrogens with one attached hydrogen (secondary N) is 1. The molecule has 0 saturated carbocycles. The van der Waals surface area contributed by atoms with Crippen LogP contribution in [0.3, 0.4) is 0 Å². The minimum absolute atomic E-state index is 0.532. The maximum absolute atomic E-state index is 4.54. The number of hydrogen-bond acceptors (Lipinski definition) is 4. The van der Waals surface area contributed by atoms with Crippen LogP contribution in [0.1, 0.15) is 12.5 Å². The lowest BCUT2D eigenvalue weighted by molar-refractivity contribution is 0.119. The van der Waals surface area contributed by atoms with Crippen molar-refractivity contribution in [1.29, 1.82) is 0 Å². The van der Waals surface area contributed by atoms with E-state index in [1.165, 1.54) is 18.7 Å². The van der Waals surface area contributed by atoms with E-state index in [9.17, 15) is 0 Å². The molecule has 0 aromatic heterocycles. The van der Waals surface area contributed by atoms with Crippen molar-refractivity contribution in [1.82, 2.24) is 24.9 Å². The van der Waals surface area contributed by atoms with Crippen LogP contribution < -0.4 is 5.32 Å². The summed E-state index contributed by atoms with van der Waals surface area (Å²) >= 11 is 0. The number of likely N-dealkylation sites (N-methyl/N-ethyl adjacent to an activating group) is 1. The second kappa shape index (κ2) is 11.3. The summed E-state index contributed by atoms with van der Waals surface area (Å²) in [7, 11) is 4.11. The highest BCUT2D eigenvalue weighted by atomic mass is 15.4. The Labute approximate surface area is 176 Å². The first kappa shape index (κ1) is 21.8. The van der Waals surface area contributed by atoms with Gasteiger partial charge in [0, 0.05) is 78.5 Å². The third kappa shape index (κ3) is 6.84. The summed E-state index contributed by atoms with van der Waals surface area (Å²) < 4.78 is 0. The summed E-state index contributed by atoms with van der Waals surface area (Å²) in [5, 5.41) is 3.62. The average molecular weight is 399 g/mol. The third-order valence-electron chi connectivity index (χ3n) is 6.07. The van der Waals surface area contributed by atoms with Crippen molar-refractivity contribution in [2.24, 2.45) is 4.99 Å². The maximum Gasteiger partial charge on any atom is 0.193 e. The van der Waals surface area contributed by atoms with E-state index in [-0.39, 0.29) is 0 Å². The fourth-order valence-electron chi connectivity index (χ4n) is 4.01. The van der Waals surface area contributed by atoms with Crippen LogP contribution in [0.25, 0.3) is 6.08 Å². The van der Waals surface area contributed by atoms with Gasteiger partial charge in [-0.1, -0.05) is 42.5 Å². The van der Waals surface area contributed by atoms with Crippen molar-refractivity contribution < 1.29 is 0 Å². The Morgan fingerprint density at radius 1 is 1.03 bits per heavy atom. The first-order chi connectivity index (χ1) is 14.2. The molecule has 2 aliphatic rings. The summed E-state index contributed by atoms with van der Waals surface area (Å²) in [5.74, 6) is 1.05. The third-order valence-corrected chi connectivity index (χ3v) is 6.07. The van der Waals surface area contributed by atoms with Crippen LogP contribution in [0.2, 0.25) is 0 Å². The van der Waals surface area contributed by atoms with Gasteiger partial charge in [0.2, 0.25) is 0 Å². The van der Waals surface area contributed by atoms with Crippen LogP contribution in [-0.4, -0.2) is 111 Å². The van der Waals surface area contributed by atoms with Gasteiger partial charge in [-0.2, -0.15) is 0 Å². The Balaban J connectivity index is 1.37. The Hall–Kier alpha value is -1.89. The van der Waals surface area contributed by atoms with Crippen molar-refractivity contribution in [3.63, 3.8) is 0 Å². The number of benzene rings is 1. The second-order valence-corrected chi connectivity index (χ2v) is 8.22. The minimum atomic E-state index is 0.532. The summed E-state index contributed by atoms with van der Waals surface area (Å²) in [5.41, 5.74) is 1.27. The molecule has 3 rings (SSSR count). The molecular formula is C23H38N6. The number of hydrogen-bond donors (Lipinski definition) is 1. The van der Waals surface area contributed by atoms with Crippen molar-refractivity contribution in [3.8, 4) is 0 Å². The van der Waals surface area contributed by atoms with Gasteiger partial charge in [0.25, 0.3) is 0 Å². The molecule has 1 atom stereocenters. The number of piperazine rings is 2. The molecule has 0 radical (unpaired) electrons. The summed E-state index contributed by atoms with van der Waals surface area (Å²) in [6, 6.07) is 11.1. The van der Waals surface area contributed by atoms with E-state index >= 15 is 0 Å². The molecule has 6 nitrogen and oxygen atoms in total. The normalized spacial score (nSPS) is 21.6. The van der Waals surface area contributed by atoms with E-state index in [0.717, 1.165) is 58.3 Å². The number of rotatable bonds is 6. The molecule has 0 bridgehead atoms. The van der Waals surface area contributed by atoms with E-state index in [4.69, 9.17) is 0 Å². The topological polar surface area (TPSA) is 37.4 Å². The summed E-state index contributed by atoms with van der Waals surface area (Å²) in [6.07, 6.45) is 4.49. The number of guanidine groups is 1.